The van der Waals surface area contributed by atoms with Gasteiger partial charge in [-0.05, 0) is 40.2 Å². The van der Waals surface area contributed by atoms with E-state index in [-0.39, 0.29) is 0 Å². The zero-order valence-electron chi connectivity index (χ0n) is 10.9. The summed E-state index contributed by atoms with van der Waals surface area (Å²) < 4.78 is 55.4. The Morgan fingerprint density at radius 1 is 0.773 bits per heavy atom. The molecule has 2 aromatic heterocycles. The summed E-state index contributed by atoms with van der Waals surface area (Å²) in [4.78, 5) is 5.64. The quantitative estimate of drug-likeness (QED) is 0.374. The van der Waals surface area contributed by atoms with Crippen LogP contribution in [0, 0.1) is 23.3 Å². The molecule has 0 atom stereocenters. The molecule has 0 amide bonds. The molecule has 3 rings (SSSR count). The Morgan fingerprint density at radius 3 is 1.59 bits per heavy atom. The molecule has 0 aliphatic carbocycles. The molecule has 7 heteroatoms. The summed E-state index contributed by atoms with van der Waals surface area (Å²) in [6.07, 6.45) is 3.12. The van der Waals surface area contributed by atoms with Crippen molar-refractivity contribution in [3.63, 3.8) is 0 Å². The molecule has 0 fully saturated rings. The molecule has 22 heavy (non-hydrogen) atoms. The molecule has 1 aromatic carbocycles. The average molecular weight is 373 g/mol. The van der Waals surface area contributed by atoms with E-state index in [1.165, 1.54) is 0 Å². The lowest BCUT2D eigenvalue weighted by Crippen LogP contribution is -2.13. The van der Waals surface area contributed by atoms with E-state index >= 15 is 0 Å². The van der Waals surface area contributed by atoms with E-state index in [2.05, 4.69) is 25.9 Å². The smallest absolute Gasteiger partial charge is 0.176 e. The number of hydrogen-bond donors (Lipinski definition) is 2. The first-order chi connectivity index (χ1) is 10.5. The van der Waals surface area contributed by atoms with E-state index < -0.39 is 39.2 Å². The van der Waals surface area contributed by atoms with Crippen LogP contribution in [0.5, 0.6) is 0 Å². The third-order valence-electron chi connectivity index (χ3n) is 3.40. The summed E-state index contributed by atoms with van der Waals surface area (Å²) in [6, 6.07) is 6.43. The topological polar surface area (TPSA) is 31.6 Å². The monoisotopic (exact) mass is 372 g/mol. The number of hydrogen-bond acceptors (Lipinski definition) is 0. The Balaban J connectivity index is 2.31. The average Bonchev–Trinajstić information content (AvgIpc) is 3.20. The minimum atomic E-state index is -1.46. The summed E-state index contributed by atoms with van der Waals surface area (Å²) in [5.41, 5.74) is 0.117. The molecule has 2 nitrogen and oxygen atoms in total. The van der Waals surface area contributed by atoms with Gasteiger partial charge in [-0.25, -0.2) is 17.6 Å². The van der Waals surface area contributed by atoms with Crippen molar-refractivity contribution in [2.45, 2.75) is 5.92 Å². The van der Waals surface area contributed by atoms with Crippen LogP contribution in [0.15, 0.2) is 41.1 Å². The number of aromatic nitrogens is 2. The lowest BCUT2D eigenvalue weighted by molar-refractivity contribution is 0.429. The zero-order chi connectivity index (χ0) is 15.9. The third kappa shape index (κ3) is 2.25. The van der Waals surface area contributed by atoms with Crippen LogP contribution in [-0.4, -0.2) is 9.97 Å². The highest BCUT2D eigenvalue weighted by molar-refractivity contribution is 9.10. The molecular formula is C15H9BrF4N2. The fourth-order valence-electron chi connectivity index (χ4n) is 2.40. The highest BCUT2D eigenvalue weighted by atomic mass is 79.9. The van der Waals surface area contributed by atoms with Crippen molar-refractivity contribution >= 4 is 15.9 Å². The van der Waals surface area contributed by atoms with Crippen molar-refractivity contribution in [2.75, 3.05) is 0 Å². The maximum absolute atomic E-state index is 14.3. The van der Waals surface area contributed by atoms with Gasteiger partial charge < -0.3 is 9.97 Å². The molecule has 114 valence electrons. The van der Waals surface area contributed by atoms with Gasteiger partial charge in [0.25, 0.3) is 0 Å². The van der Waals surface area contributed by atoms with Gasteiger partial charge >= 0.3 is 0 Å². The van der Waals surface area contributed by atoms with Crippen molar-refractivity contribution in [1.29, 1.82) is 0 Å². The van der Waals surface area contributed by atoms with Crippen LogP contribution in [0.1, 0.15) is 22.9 Å². The lowest BCUT2D eigenvalue weighted by atomic mass is 9.91. The van der Waals surface area contributed by atoms with E-state index in [4.69, 9.17) is 0 Å². The largest absolute Gasteiger partial charge is 0.364 e. The molecule has 0 saturated carbocycles. The lowest BCUT2D eigenvalue weighted by Gasteiger charge is -2.18. The van der Waals surface area contributed by atoms with E-state index in [0.29, 0.717) is 11.4 Å². The van der Waals surface area contributed by atoms with Crippen LogP contribution in [0.3, 0.4) is 0 Å². The standard InChI is InChI=1S/C15H9BrF4N2/c16-11-14(19)12(17)10(13(18)15(11)20)9(7-3-1-5-21-7)8-4-2-6-22-8/h1-6,9,21-22H. The van der Waals surface area contributed by atoms with Crippen LogP contribution < -0.4 is 0 Å². The maximum Gasteiger partial charge on any atom is 0.176 e. The predicted octanol–water partition coefficient (Wildman–Crippen LogP) is 4.84. The summed E-state index contributed by atoms with van der Waals surface area (Å²) in [7, 11) is 0. The first-order valence-corrected chi connectivity index (χ1v) is 7.09. The Kier molecular flexibility index (Phi) is 3.82. The van der Waals surface area contributed by atoms with Gasteiger partial charge in [0.15, 0.2) is 23.3 Å². The molecule has 0 saturated heterocycles. The molecule has 0 aliphatic rings. The number of H-pyrrole nitrogens is 2. The number of rotatable bonds is 3. The van der Waals surface area contributed by atoms with Gasteiger partial charge in [0, 0.05) is 29.3 Å². The molecule has 0 bridgehead atoms. The van der Waals surface area contributed by atoms with E-state index in [0.717, 1.165) is 0 Å². The Morgan fingerprint density at radius 2 is 1.23 bits per heavy atom. The molecule has 0 spiro atoms. The van der Waals surface area contributed by atoms with E-state index in [1.807, 2.05) is 0 Å². The van der Waals surface area contributed by atoms with Crippen LogP contribution in [0.4, 0.5) is 17.6 Å². The van der Waals surface area contributed by atoms with Gasteiger partial charge in [0.05, 0.1) is 10.4 Å². The SMILES string of the molecule is Fc1c(F)c(C(c2ccc[nH]2)c2ccc[nH]2)c(F)c(F)c1Br. The molecule has 0 unspecified atom stereocenters. The Bertz CT molecular complexity index is 734. The number of nitrogens with one attached hydrogen (secondary N) is 2. The second-order valence-corrected chi connectivity index (χ2v) is 5.46. The second-order valence-electron chi connectivity index (χ2n) is 4.67. The summed E-state index contributed by atoms with van der Waals surface area (Å²) in [5.74, 6) is -6.81. The highest BCUT2D eigenvalue weighted by Crippen LogP contribution is 2.37. The summed E-state index contributed by atoms with van der Waals surface area (Å²) >= 11 is 2.52. The van der Waals surface area contributed by atoms with Crippen LogP contribution >= 0.6 is 15.9 Å². The van der Waals surface area contributed by atoms with Crippen molar-refractivity contribution in [3.05, 3.63) is 81.4 Å². The third-order valence-corrected chi connectivity index (χ3v) is 4.09. The minimum Gasteiger partial charge on any atom is -0.364 e. The summed E-state index contributed by atoms with van der Waals surface area (Å²) in [6.45, 7) is 0. The maximum atomic E-state index is 14.3. The molecule has 3 aromatic rings. The van der Waals surface area contributed by atoms with Crippen molar-refractivity contribution in [1.82, 2.24) is 9.97 Å². The number of aromatic amines is 2. The summed E-state index contributed by atoms with van der Waals surface area (Å²) in [5, 5.41) is 0. The van der Waals surface area contributed by atoms with E-state index in [1.54, 1.807) is 36.7 Å². The van der Waals surface area contributed by atoms with Gasteiger partial charge in [-0.15, -0.1) is 0 Å². The van der Waals surface area contributed by atoms with Gasteiger partial charge in [0.2, 0.25) is 0 Å². The second kappa shape index (κ2) is 5.64. The van der Waals surface area contributed by atoms with Gasteiger partial charge in [0.1, 0.15) is 0 Å². The van der Waals surface area contributed by atoms with Crippen LogP contribution in [0.2, 0.25) is 0 Å². The fraction of sp³-hybridized carbons (Fsp3) is 0.0667. The first kappa shape index (κ1) is 14.9. The van der Waals surface area contributed by atoms with Gasteiger partial charge in [-0.2, -0.15) is 0 Å². The molecule has 0 radical (unpaired) electrons. The van der Waals surface area contributed by atoms with E-state index in [9.17, 15) is 17.6 Å². The van der Waals surface area contributed by atoms with Crippen LogP contribution in [0.25, 0.3) is 0 Å². The Hall–Kier alpha value is -2.02. The van der Waals surface area contributed by atoms with Crippen LogP contribution in [-0.2, 0) is 0 Å². The fourth-order valence-corrected chi connectivity index (χ4v) is 2.75. The van der Waals surface area contributed by atoms with Gasteiger partial charge in [-0.1, -0.05) is 0 Å². The predicted molar refractivity (Wildman–Crippen MR) is 76.5 cm³/mol. The Labute approximate surface area is 131 Å². The first-order valence-electron chi connectivity index (χ1n) is 6.30. The van der Waals surface area contributed by atoms with Crippen molar-refractivity contribution < 1.29 is 17.6 Å². The highest BCUT2D eigenvalue weighted by Gasteiger charge is 2.32. The molecule has 2 heterocycles. The van der Waals surface area contributed by atoms with Gasteiger partial charge in [-0.3, -0.25) is 0 Å². The minimum absolute atomic E-state index is 0.404. The van der Waals surface area contributed by atoms with Crippen molar-refractivity contribution in [2.24, 2.45) is 0 Å². The number of halogens is 5. The number of benzene rings is 1. The normalized spacial score (nSPS) is 11.4. The van der Waals surface area contributed by atoms with Crippen molar-refractivity contribution in [3.8, 4) is 0 Å². The molecule has 0 aliphatic heterocycles. The molecule has 2 N–H and O–H groups in total. The molecular weight excluding hydrogens is 364 g/mol. The zero-order valence-corrected chi connectivity index (χ0v) is 12.5.